The lowest BCUT2D eigenvalue weighted by Gasteiger charge is -2.36. The van der Waals surface area contributed by atoms with E-state index in [1.165, 1.54) is 0 Å². The van der Waals surface area contributed by atoms with Gasteiger partial charge in [-0.2, -0.15) is 0 Å². The molecule has 0 aliphatic rings. The van der Waals surface area contributed by atoms with Crippen LogP contribution >= 0.6 is 0 Å². The maximum Gasteiger partial charge on any atom is 0.113 e. The molecule has 0 bridgehead atoms. The van der Waals surface area contributed by atoms with E-state index in [-0.39, 0.29) is 0 Å². The highest BCUT2D eigenvalue weighted by atomic mass is 16.3. The second-order valence-corrected chi connectivity index (χ2v) is 5.59. The summed E-state index contributed by atoms with van der Waals surface area (Å²) in [6, 6.07) is 7.87. The quantitative estimate of drug-likeness (QED) is 0.754. The molecule has 2 atom stereocenters. The monoisotopic (exact) mass is 287 g/mol. The third kappa shape index (κ3) is 2.86. The van der Waals surface area contributed by atoms with Crippen molar-refractivity contribution < 1.29 is 5.11 Å². The van der Waals surface area contributed by atoms with Crippen molar-refractivity contribution in [3.05, 3.63) is 36.9 Å². The molecule has 0 amide bonds. The zero-order valence-corrected chi connectivity index (χ0v) is 13.0. The van der Waals surface area contributed by atoms with E-state index in [0.717, 1.165) is 43.1 Å². The van der Waals surface area contributed by atoms with Crippen molar-refractivity contribution in [1.82, 2.24) is 15.0 Å². The van der Waals surface area contributed by atoms with Crippen molar-refractivity contribution in [2.45, 2.75) is 57.6 Å². The second-order valence-electron chi connectivity index (χ2n) is 5.59. The maximum atomic E-state index is 10.8. The molecule has 2 aromatic rings. The maximum absolute atomic E-state index is 10.8. The first kappa shape index (κ1) is 15.7. The van der Waals surface area contributed by atoms with Gasteiger partial charge >= 0.3 is 0 Å². The lowest BCUT2D eigenvalue weighted by Crippen LogP contribution is -2.44. The molecule has 1 aromatic carbocycles. The molecule has 1 aromatic heterocycles. The summed E-state index contributed by atoms with van der Waals surface area (Å²) in [6.45, 7) is 8.24. The SMILES string of the molecule is C=CC(CCCC)(C(O)CCC)n1nnc2ccccc21. The van der Waals surface area contributed by atoms with Crippen LogP contribution in [0.3, 0.4) is 0 Å². The summed E-state index contributed by atoms with van der Waals surface area (Å²) in [4.78, 5) is 0. The molecule has 2 unspecified atom stereocenters. The van der Waals surface area contributed by atoms with Gasteiger partial charge in [0.1, 0.15) is 11.1 Å². The van der Waals surface area contributed by atoms with Crippen molar-refractivity contribution in [1.29, 1.82) is 0 Å². The zero-order valence-electron chi connectivity index (χ0n) is 13.0. The van der Waals surface area contributed by atoms with E-state index in [9.17, 15) is 5.11 Å². The first-order chi connectivity index (χ1) is 10.2. The Hall–Kier alpha value is -1.68. The minimum Gasteiger partial charge on any atom is -0.390 e. The molecule has 4 nitrogen and oxygen atoms in total. The van der Waals surface area contributed by atoms with Crippen LogP contribution in [0.4, 0.5) is 0 Å². The number of rotatable bonds is 8. The molecule has 1 heterocycles. The number of unbranched alkanes of at least 4 members (excludes halogenated alkanes) is 1. The number of aliphatic hydroxyl groups excluding tert-OH is 1. The van der Waals surface area contributed by atoms with Crippen LogP contribution in [0.2, 0.25) is 0 Å². The largest absolute Gasteiger partial charge is 0.390 e. The van der Waals surface area contributed by atoms with Gasteiger partial charge in [0.2, 0.25) is 0 Å². The molecule has 21 heavy (non-hydrogen) atoms. The summed E-state index contributed by atoms with van der Waals surface area (Å²) >= 11 is 0. The molecule has 0 saturated carbocycles. The first-order valence-corrected chi connectivity index (χ1v) is 7.82. The highest BCUT2D eigenvalue weighted by Crippen LogP contribution is 2.33. The van der Waals surface area contributed by atoms with Crippen molar-refractivity contribution in [2.24, 2.45) is 0 Å². The summed E-state index contributed by atoms with van der Waals surface area (Å²) in [5, 5.41) is 19.3. The lowest BCUT2D eigenvalue weighted by molar-refractivity contribution is 0.0437. The van der Waals surface area contributed by atoms with Crippen molar-refractivity contribution in [3.8, 4) is 0 Å². The molecule has 0 radical (unpaired) electrons. The highest BCUT2D eigenvalue weighted by Gasteiger charge is 2.38. The number of benzene rings is 1. The lowest BCUT2D eigenvalue weighted by atomic mass is 9.84. The van der Waals surface area contributed by atoms with Crippen LogP contribution in [0, 0.1) is 0 Å². The molecule has 4 heteroatoms. The number of para-hydroxylation sites is 1. The summed E-state index contributed by atoms with van der Waals surface area (Å²) in [5.74, 6) is 0. The summed E-state index contributed by atoms with van der Waals surface area (Å²) in [7, 11) is 0. The van der Waals surface area contributed by atoms with Gasteiger partial charge in [0.25, 0.3) is 0 Å². The van der Waals surface area contributed by atoms with E-state index < -0.39 is 11.6 Å². The van der Waals surface area contributed by atoms with Gasteiger partial charge in [-0.25, -0.2) is 4.68 Å². The smallest absolute Gasteiger partial charge is 0.113 e. The van der Waals surface area contributed by atoms with Crippen molar-refractivity contribution in [3.63, 3.8) is 0 Å². The van der Waals surface area contributed by atoms with E-state index >= 15 is 0 Å². The summed E-state index contributed by atoms with van der Waals surface area (Å²) in [5.41, 5.74) is 1.22. The highest BCUT2D eigenvalue weighted by molar-refractivity contribution is 5.74. The molecule has 0 fully saturated rings. The fraction of sp³-hybridized carbons (Fsp3) is 0.529. The van der Waals surface area contributed by atoms with Crippen molar-refractivity contribution >= 4 is 11.0 Å². The molecule has 2 rings (SSSR count). The van der Waals surface area contributed by atoms with Crippen LogP contribution in [0.5, 0.6) is 0 Å². The van der Waals surface area contributed by atoms with Gasteiger partial charge in [-0.15, -0.1) is 11.7 Å². The van der Waals surface area contributed by atoms with E-state index in [2.05, 4.69) is 30.7 Å². The molecule has 114 valence electrons. The third-order valence-electron chi connectivity index (χ3n) is 4.17. The summed E-state index contributed by atoms with van der Waals surface area (Å²) < 4.78 is 1.87. The molecular formula is C17H25N3O. The molecular weight excluding hydrogens is 262 g/mol. The normalized spacial score (nSPS) is 15.8. The molecule has 1 N–H and O–H groups in total. The average molecular weight is 287 g/mol. The Bertz CT molecular complexity index is 592. The minimum absolute atomic E-state index is 0.503. The van der Waals surface area contributed by atoms with Crippen LogP contribution in [0.25, 0.3) is 11.0 Å². The van der Waals surface area contributed by atoms with E-state index in [1.54, 1.807) is 0 Å². The Morgan fingerprint density at radius 2 is 2.10 bits per heavy atom. The number of hydrogen-bond donors (Lipinski definition) is 1. The van der Waals surface area contributed by atoms with E-state index in [1.807, 2.05) is 35.0 Å². The van der Waals surface area contributed by atoms with Gasteiger partial charge in [0.15, 0.2) is 0 Å². The number of hydrogen-bond acceptors (Lipinski definition) is 3. The first-order valence-electron chi connectivity index (χ1n) is 7.82. The predicted octanol–water partition coefficient (Wildman–Crippen LogP) is 3.66. The van der Waals surface area contributed by atoms with Crippen LogP contribution in [0.1, 0.15) is 46.0 Å². The molecule has 0 spiro atoms. The number of aromatic nitrogens is 3. The predicted molar refractivity (Wildman–Crippen MR) is 86.1 cm³/mol. The van der Waals surface area contributed by atoms with E-state index in [4.69, 9.17) is 0 Å². The number of nitrogens with zero attached hydrogens (tertiary/aromatic N) is 3. The van der Waals surface area contributed by atoms with Crippen LogP contribution in [-0.2, 0) is 5.54 Å². The topological polar surface area (TPSA) is 50.9 Å². The second kappa shape index (κ2) is 6.85. The van der Waals surface area contributed by atoms with Crippen LogP contribution in [-0.4, -0.2) is 26.2 Å². The number of aliphatic hydroxyl groups is 1. The van der Waals surface area contributed by atoms with Crippen LogP contribution < -0.4 is 0 Å². The standard InChI is InChI=1S/C17H25N3O/c1-4-7-13-17(6-3,16(21)10-5-2)20-15-12-9-8-11-14(15)18-19-20/h6,8-9,11-12,16,21H,3-5,7,10,13H2,1-2H3. The Morgan fingerprint density at radius 3 is 2.76 bits per heavy atom. The van der Waals surface area contributed by atoms with Gasteiger partial charge in [0.05, 0.1) is 11.6 Å². The van der Waals surface area contributed by atoms with E-state index in [0.29, 0.717) is 0 Å². The third-order valence-corrected chi connectivity index (χ3v) is 4.17. The van der Waals surface area contributed by atoms with Gasteiger partial charge in [0, 0.05) is 0 Å². The summed E-state index contributed by atoms with van der Waals surface area (Å²) in [6.07, 6.45) is 5.91. The fourth-order valence-electron chi connectivity index (χ4n) is 2.90. The van der Waals surface area contributed by atoms with Gasteiger partial charge in [-0.05, 0) is 25.0 Å². The van der Waals surface area contributed by atoms with Crippen LogP contribution in [0.15, 0.2) is 36.9 Å². The van der Waals surface area contributed by atoms with Gasteiger partial charge in [-0.3, -0.25) is 0 Å². The van der Waals surface area contributed by atoms with Gasteiger partial charge < -0.3 is 5.11 Å². The zero-order chi connectivity index (χ0) is 15.3. The Labute approximate surface area is 126 Å². The molecule has 0 aliphatic carbocycles. The average Bonchev–Trinajstić information content (AvgIpc) is 2.94. The fourth-order valence-corrected chi connectivity index (χ4v) is 2.90. The Morgan fingerprint density at radius 1 is 1.33 bits per heavy atom. The van der Waals surface area contributed by atoms with Gasteiger partial charge in [-0.1, -0.05) is 56.5 Å². The molecule has 0 saturated heterocycles. The van der Waals surface area contributed by atoms with Crippen molar-refractivity contribution in [2.75, 3.05) is 0 Å². The Balaban J connectivity index is 2.54. The minimum atomic E-state index is -0.581. The number of fused-ring (bicyclic) bond motifs is 1. The Kier molecular flexibility index (Phi) is 5.12. The molecule has 0 aliphatic heterocycles.